The molecule has 5 heteroatoms. The maximum atomic E-state index is 12.5. The summed E-state index contributed by atoms with van der Waals surface area (Å²) in [5.74, 6) is 0.588. The van der Waals surface area contributed by atoms with Crippen molar-refractivity contribution < 1.29 is 9.21 Å². The van der Waals surface area contributed by atoms with Crippen molar-refractivity contribution in [2.75, 3.05) is 13.1 Å². The van der Waals surface area contributed by atoms with Crippen molar-refractivity contribution in [2.24, 2.45) is 5.92 Å². The SMILES string of the molecule is O=C(Cn1ccc(=O)c2ccccc21)N1CC(Cc2ccoc2)C1. The lowest BCUT2D eigenvalue weighted by Gasteiger charge is -2.39. The Kier molecular flexibility index (Phi) is 3.69. The third-order valence-corrected chi connectivity index (χ3v) is 4.60. The molecule has 1 aliphatic heterocycles. The molecule has 0 atom stereocenters. The largest absolute Gasteiger partial charge is 0.472 e. The van der Waals surface area contributed by atoms with Crippen LogP contribution in [-0.4, -0.2) is 28.5 Å². The summed E-state index contributed by atoms with van der Waals surface area (Å²) in [5.41, 5.74) is 1.96. The lowest BCUT2D eigenvalue weighted by molar-refractivity contribution is -0.138. The van der Waals surface area contributed by atoms with E-state index in [9.17, 15) is 9.59 Å². The fraction of sp³-hybridized carbons (Fsp3) is 0.263. The van der Waals surface area contributed by atoms with Gasteiger partial charge in [-0.1, -0.05) is 12.1 Å². The molecular formula is C19H18N2O3. The zero-order chi connectivity index (χ0) is 16.5. The van der Waals surface area contributed by atoms with E-state index in [0.29, 0.717) is 11.3 Å². The second-order valence-electron chi connectivity index (χ2n) is 6.33. The van der Waals surface area contributed by atoms with Crippen molar-refractivity contribution in [3.05, 3.63) is 70.9 Å². The molecule has 3 aromatic rings. The van der Waals surface area contributed by atoms with Gasteiger partial charge in [0, 0.05) is 30.7 Å². The van der Waals surface area contributed by atoms with Gasteiger partial charge in [-0.15, -0.1) is 0 Å². The molecule has 2 aromatic heterocycles. The topological polar surface area (TPSA) is 55.5 Å². The predicted molar refractivity (Wildman–Crippen MR) is 90.7 cm³/mol. The number of benzene rings is 1. The average molecular weight is 322 g/mol. The summed E-state index contributed by atoms with van der Waals surface area (Å²) in [6, 6.07) is 10.9. The van der Waals surface area contributed by atoms with Gasteiger partial charge in [-0.25, -0.2) is 0 Å². The summed E-state index contributed by atoms with van der Waals surface area (Å²) in [5, 5.41) is 0.647. The summed E-state index contributed by atoms with van der Waals surface area (Å²) in [4.78, 5) is 26.2. The van der Waals surface area contributed by atoms with E-state index in [1.165, 1.54) is 11.6 Å². The first kappa shape index (κ1) is 14.8. The Labute approximate surface area is 139 Å². The summed E-state index contributed by atoms with van der Waals surface area (Å²) < 4.78 is 6.93. The molecule has 0 spiro atoms. The lowest BCUT2D eigenvalue weighted by atomic mass is 9.93. The highest BCUT2D eigenvalue weighted by molar-refractivity contribution is 5.82. The van der Waals surface area contributed by atoms with Crippen molar-refractivity contribution >= 4 is 16.8 Å². The van der Waals surface area contributed by atoms with Crippen LogP contribution in [-0.2, 0) is 17.8 Å². The van der Waals surface area contributed by atoms with Crippen molar-refractivity contribution in [2.45, 2.75) is 13.0 Å². The van der Waals surface area contributed by atoms with Gasteiger partial charge in [-0.05, 0) is 36.1 Å². The van der Waals surface area contributed by atoms with Crippen LogP contribution in [0.5, 0.6) is 0 Å². The molecule has 0 unspecified atom stereocenters. The first-order valence-corrected chi connectivity index (χ1v) is 8.08. The molecule has 0 saturated carbocycles. The summed E-state index contributed by atoms with van der Waals surface area (Å²) in [6.07, 6.45) is 6.09. The Morgan fingerprint density at radius 1 is 1.17 bits per heavy atom. The number of amides is 1. The van der Waals surface area contributed by atoms with Crippen molar-refractivity contribution in [1.29, 1.82) is 0 Å². The van der Waals surface area contributed by atoms with Gasteiger partial charge in [-0.2, -0.15) is 0 Å². The van der Waals surface area contributed by atoms with Crippen LogP contribution in [0.1, 0.15) is 5.56 Å². The van der Waals surface area contributed by atoms with Gasteiger partial charge in [0.1, 0.15) is 6.54 Å². The number of furan rings is 1. The van der Waals surface area contributed by atoms with Gasteiger partial charge in [0.2, 0.25) is 5.91 Å². The highest BCUT2D eigenvalue weighted by Gasteiger charge is 2.30. The zero-order valence-electron chi connectivity index (χ0n) is 13.2. The highest BCUT2D eigenvalue weighted by Crippen LogP contribution is 2.21. The van der Waals surface area contributed by atoms with E-state index in [1.54, 1.807) is 24.8 Å². The quantitative estimate of drug-likeness (QED) is 0.740. The van der Waals surface area contributed by atoms with E-state index in [0.717, 1.165) is 25.0 Å². The van der Waals surface area contributed by atoms with E-state index >= 15 is 0 Å². The molecule has 1 saturated heterocycles. The van der Waals surface area contributed by atoms with Crippen LogP contribution in [0.4, 0.5) is 0 Å². The first-order valence-electron chi connectivity index (χ1n) is 8.08. The number of hydrogen-bond acceptors (Lipinski definition) is 3. The maximum absolute atomic E-state index is 12.5. The number of para-hydroxylation sites is 1. The third kappa shape index (κ3) is 2.73. The number of hydrogen-bond donors (Lipinski definition) is 0. The van der Waals surface area contributed by atoms with Crippen LogP contribution in [0.2, 0.25) is 0 Å². The molecule has 24 heavy (non-hydrogen) atoms. The minimum absolute atomic E-state index is 0.0153. The Morgan fingerprint density at radius 3 is 2.79 bits per heavy atom. The van der Waals surface area contributed by atoms with Crippen LogP contribution >= 0.6 is 0 Å². The number of aromatic nitrogens is 1. The number of pyridine rings is 1. The summed E-state index contributed by atoms with van der Waals surface area (Å²) >= 11 is 0. The van der Waals surface area contributed by atoms with Crippen LogP contribution in [0.15, 0.2) is 64.3 Å². The number of carbonyl (C=O) groups is 1. The smallest absolute Gasteiger partial charge is 0.242 e. The Bertz CT molecular complexity index is 921. The highest BCUT2D eigenvalue weighted by atomic mass is 16.3. The van der Waals surface area contributed by atoms with Gasteiger partial charge in [0.25, 0.3) is 0 Å². The Balaban J connectivity index is 1.43. The van der Waals surface area contributed by atoms with Gasteiger partial charge in [-0.3, -0.25) is 9.59 Å². The zero-order valence-corrected chi connectivity index (χ0v) is 13.2. The third-order valence-electron chi connectivity index (χ3n) is 4.60. The van der Waals surface area contributed by atoms with E-state index < -0.39 is 0 Å². The molecule has 4 rings (SSSR count). The van der Waals surface area contributed by atoms with Crippen LogP contribution in [0, 0.1) is 5.92 Å². The first-order chi connectivity index (χ1) is 11.7. The number of fused-ring (bicyclic) bond motifs is 1. The number of nitrogens with zero attached hydrogens (tertiary/aromatic N) is 2. The minimum atomic E-state index is -0.0153. The standard InChI is InChI=1S/C19H18N2O3/c22-18-5-7-20(17-4-2-1-3-16(17)18)12-19(23)21-10-15(11-21)9-14-6-8-24-13-14/h1-8,13,15H,9-12H2. The van der Waals surface area contributed by atoms with E-state index in [1.807, 2.05) is 33.7 Å². The second kappa shape index (κ2) is 6.00. The molecule has 0 aliphatic carbocycles. The van der Waals surface area contributed by atoms with E-state index in [2.05, 4.69) is 0 Å². The molecular weight excluding hydrogens is 304 g/mol. The van der Waals surface area contributed by atoms with Gasteiger partial charge in [0.15, 0.2) is 5.43 Å². The average Bonchev–Trinajstić information content (AvgIpc) is 3.06. The molecule has 3 heterocycles. The summed E-state index contributed by atoms with van der Waals surface area (Å²) in [6.45, 7) is 1.82. The molecule has 1 fully saturated rings. The Morgan fingerprint density at radius 2 is 2.00 bits per heavy atom. The molecule has 1 aromatic carbocycles. The summed E-state index contributed by atoms with van der Waals surface area (Å²) in [7, 11) is 0. The van der Waals surface area contributed by atoms with Gasteiger partial charge in [0.05, 0.1) is 18.0 Å². The number of rotatable bonds is 4. The molecule has 1 aliphatic rings. The van der Waals surface area contributed by atoms with Gasteiger partial charge >= 0.3 is 0 Å². The fourth-order valence-corrected chi connectivity index (χ4v) is 3.29. The molecule has 0 N–H and O–H groups in total. The minimum Gasteiger partial charge on any atom is -0.472 e. The van der Waals surface area contributed by atoms with E-state index in [4.69, 9.17) is 4.42 Å². The lowest BCUT2D eigenvalue weighted by Crippen LogP contribution is -2.51. The van der Waals surface area contributed by atoms with Gasteiger partial charge < -0.3 is 13.9 Å². The van der Waals surface area contributed by atoms with Crippen LogP contribution in [0.3, 0.4) is 0 Å². The normalized spacial score (nSPS) is 14.8. The second-order valence-corrected chi connectivity index (χ2v) is 6.33. The Hall–Kier alpha value is -2.82. The monoisotopic (exact) mass is 322 g/mol. The van der Waals surface area contributed by atoms with Crippen LogP contribution in [0.25, 0.3) is 10.9 Å². The predicted octanol–water partition coefficient (Wildman–Crippen LogP) is 2.30. The maximum Gasteiger partial charge on any atom is 0.242 e. The number of likely N-dealkylation sites (tertiary alicyclic amines) is 1. The molecule has 122 valence electrons. The number of carbonyl (C=O) groups excluding carboxylic acids is 1. The fourth-order valence-electron chi connectivity index (χ4n) is 3.29. The van der Waals surface area contributed by atoms with Crippen molar-refractivity contribution in [1.82, 2.24) is 9.47 Å². The van der Waals surface area contributed by atoms with Crippen molar-refractivity contribution in [3.8, 4) is 0 Å². The van der Waals surface area contributed by atoms with Crippen molar-refractivity contribution in [3.63, 3.8) is 0 Å². The molecule has 1 amide bonds. The van der Waals surface area contributed by atoms with Crippen LogP contribution < -0.4 is 5.43 Å². The molecule has 0 radical (unpaired) electrons. The van der Waals surface area contributed by atoms with E-state index in [-0.39, 0.29) is 17.9 Å². The molecule has 5 nitrogen and oxygen atoms in total. The molecule has 0 bridgehead atoms.